The van der Waals surface area contributed by atoms with Crippen LogP contribution < -0.4 is 5.32 Å². The predicted octanol–water partition coefficient (Wildman–Crippen LogP) is 4.89. The number of nitriles is 1. The summed E-state index contributed by atoms with van der Waals surface area (Å²) in [5.74, 6) is -0.530. The van der Waals surface area contributed by atoms with E-state index in [1.54, 1.807) is 27.7 Å². The molecular formula is C16H18ClF3N2OS. The molecule has 1 aromatic rings. The molecule has 0 unspecified atom stereocenters. The Kier molecular flexibility index (Phi) is 6.59. The largest absolute Gasteiger partial charge is 0.417 e. The maximum Gasteiger partial charge on any atom is 0.417 e. The fourth-order valence-electron chi connectivity index (χ4n) is 1.71. The summed E-state index contributed by atoms with van der Waals surface area (Å²) in [7, 11) is 0. The molecule has 0 aliphatic carbocycles. The van der Waals surface area contributed by atoms with E-state index in [0.717, 1.165) is 23.9 Å². The first-order valence-electron chi connectivity index (χ1n) is 7.17. The number of halogens is 4. The van der Waals surface area contributed by atoms with Crippen molar-refractivity contribution in [3.63, 3.8) is 0 Å². The Labute approximate surface area is 148 Å². The highest BCUT2D eigenvalue weighted by molar-refractivity contribution is 8.00. The Bertz CT molecular complexity index is 658. The third kappa shape index (κ3) is 5.05. The van der Waals surface area contributed by atoms with E-state index >= 15 is 0 Å². The molecule has 0 radical (unpaired) electrons. The number of hydrogen-bond donors (Lipinski definition) is 1. The van der Waals surface area contributed by atoms with Crippen molar-refractivity contribution in [2.24, 2.45) is 5.92 Å². The van der Waals surface area contributed by atoms with Crippen LogP contribution in [0.5, 0.6) is 0 Å². The standard InChI is InChI=1S/C16H18ClF3N2OS/c1-9(2)15(4,8-21)22-14(23)10(3)24-11-5-6-13(17)12(7-11)16(18,19)20/h5-7,9-10H,1-4H3,(H,22,23)/t10-,15-/m1/s1. The molecule has 8 heteroatoms. The summed E-state index contributed by atoms with van der Waals surface area (Å²) in [5.41, 5.74) is -1.98. The van der Waals surface area contributed by atoms with Gasteiger partial charge >= 0.3 is 6.18 Å². The van der Waals surface area contributed by atoms with Gasteiger partial charge in [-0.05, 0) is 38.0 Å². The van der Waals surface area contributed by atoms with Crippen LogP contribution >= 0.6 is 23.4 Å². The molecule has 1 rings (SSSR count). The molecule has 0 aliphatic heterocycles. The van der Waals surface area contributed by atoms with Gasteiger partial charge < -0.3 is 5.32 Å². The maximum absolute atomic E-state index is 12.9. The number of alkyl halides is 3. The third-order valence-corrected chi connectivity index (χ3v) is 5.12. The van der Waals surface area contributed by atoms with Crippen LogP contribution in [-0.2, 0) is 11.0 Å². The molecule has 1 N–H and O–H groups in total. The lowest BCUT2D eigenvalue weighted by molar-refractivity contribution is -0.137. The van der Waals surface area contributed by atoms with Crippen LogP contribution in [0, 0.1) is 17.2 Å². The summed E-state index contributed by atoms with van der Waals surface area (Å²) < 4.78 is 38.6. The third-order valence-electron chi connectivity index (χ3n) is 3.70. The summed E-state index contributed by atoms with van der Waals surface area (Å²) in [5, 5.41) is 10.8. The monoisotopic (exact) mass is 378 g/mol. The fourth-order valence-corrected chi connectivity index (χ4v) is 2.84. The van der Waals surface area contributed by atoms with Gasteiger partial charge in [0.05, 0.1) is 21.9 Å². The lowest BCUT2D eigenvalue weighted by Crippen LogP contribution is -2.51. The van der Waals surface area contributed by atoms with Crippen molar-refractivity contribution in [1.82, 2.24) is 5.32 Å². The highest BCUT2D eigenvalue weighted by Crippen LogP contribution is 2.37. The second-order valence-corrected chi connectivity index (χ2v) is 7.68. The zero-order chi connectivity index (χ0) is 18.7. The smallest absolute Gasteiger partial charge is 0.337 e. The molecule has 0 aliphatic rings. The average molecular weight is 379 g/mol. The Morgan fingerprint density at radius 3 is 2.38 bits per heavy atom. The molecule has 0 heterocycles. The number of carbonyl (C=O) groups excluding carboxylic acids is 1. The van der Waals surface area contributed by atoms with Crippen molar-refractivity contribution in [3.8, 4) is 6.07 Å². The van der Waals surface area contributed by atoms with Gasteiger partial charge in [-0.25, -0.2) is 0 Å². The van der Waals surface area contributed by atoms with Gasteiger partial charge in [-0.2, -0.15) is 18.4 Å². The second kappa shape index (κ2) is 7.66. The van der Waals surface area contributed by atoms with E-state index in [1.165, 1.54) is 6.07 Å². The van der Waals surface area contributed by atoms with Gasteiger partial charge in [0, 0.05) is 4.90 Å². The van der Waals surface area contributed by atoms with E-state index in [0.29, 0.717) is 0 Å². The second-order valence-electron chi connectivity index (χ2n) is 5.86. The molecule has 0 fully saturated rings. The van der Waals surface area contributed by atoms with Gasteiger partial charge in [-0.3, -0.25) is 4.79 Å². The van der Waals surface area contributed by atoms with Crippen molar-refractivity contribution in [2.75, 3.05) is 0 Å². The van der Waals surface area contributed by atoms with Gasteiger partial charge in [0.25, 0.3) is 0 Å². The molecule has 1 aromatic carbocycles. The Morgan fingerprint density at radius 1 is 1.33 bits per heavy atom. The van der Waals surface area contributed by atoms with Crippen molar-refractivity contribution in [1.29, 1.82) is 5.26 Å². The first kappa shape index (κ1) is 20.7. The molecule has 0 aromatic heterocycles. The normalized spacial score (nSPS) is 15.5. The van der Waals surface area contributed by atoms with Crippen molar-refractivity contribution < 1.29 is 18.0 Å². The van der Waals surface area contributed by atoms with Crippen LogP contribution in [-0.4, -0.2) is 16.7 Å². The fraction of sp³-hybridized carbons (Fsp3) is 0.500. The maximum atomic E-state index is 12.9. The molecule has 0 saturated heterocycles. The van der Waals surface area contributed by atoms with E-state index in [4.69, 9.17) is 11.6 Å². The van der Waals surface area contributed by atoms with Crippen LogP contribution in [0.15, 0.2) is 23.1 Å². The summed E-state index contributed by atoms with van der Waals surface area (Å²) >= 11 is 6.55. The molecule has 3 nitrogen and oxygen atoms in total. The minimum absolute atomic E-state index is 0.115. The number of benzene rings is 1. The van der Waals surface area contributed by atoms with E-state index in [-0.39, 0.29) is 15.8 Å². The molecule has 0 bridgehead atoms. The minimum Gasteiger partial charge on any atom is -0.337 e. The Hall–Kier alpha value is -1.39. The van der Waals surface area contributed by atoms with E-state index in [1.807, 2.05) is 0 Å². The first-order valence-corrected chi connectivity index (χ1v) is 8.43. The minimum atomic E-state index is -4.56. The van der Waals surface area contributed by atoms with Crippen LogP contribution in [0.3, 0.4) is 0 Å². The van der Waals surface area contributed by atoms with Crippen molar-refractivity contribution in [2.45, 2.75) is 49.6 Å². The van der Waals surface area contributed by atoms with Crippen LogP contribution in [0.25, 0.3) is 0 Å². The quantitative estimate of drug-likeness (QED) is 0.742. The highest BCUT2D eigenvalue weighted by Gasteiger charge is 2.34. The van der Waals surface area contributed by atoms with Crippen LogP contribution in [0.2, 0.25) is 5.02 Å². The van der Waals surface area contributed by atoms with E-state index in [9.17, 15) is 23.2 Å². The van der Waals surface area contributed by atoms with Gasteiger partial charge in [0.15, 0.2) is 0 Å². The molecule has 0 spiro atoms. The van der Waals surface area contributed by atoms with E-state index < -0.39 is 28.4 Å². The van der Waals surface area contributed by atoms with Crippen molar-refractivity contribution in [3.05, 3.63) is 28.8 Å². The van der Waals surface area contributed by atoms with Gasteiger partial charge in [0.2, 0.25) is 5.91 Å². The van der Waals surface area contributed by atoms with E-state index in [2.05, 4.69) is 11.4 Å². The number of carbonyl (C=O) groups is 1. The Morgan fingerprint density at radius 2 is 1.92 bits per heavy atom. The Balaban J connectivity index is 2.91. The van der Waals surface area contributed by atoms with Gasteiger partial charge in [-0.15, -0.1) is 11.8 Å². The molecular weight excluding hydrogens is 361 g/mol. The van der Waals surface area contributed by atoms with Crippen molar-refractivity contribution >= 4 is 29.3 Å². The first-order chi connectivity index (χ1) is 10.9. The summed E-state index contributed by atoms with van der Waals surface area (Å²) in [6.45, 7) is 6.78. The lowest BCUT2D eigenvalue weighted by atomic mass is 9.90. The van der Waals surface area contributed by atoms with Gasteiger partial charge in [0.1, 0.15) is 5.54 Å². The number of thioether (sulfide) groups is 1. The summed E-state index contributed by atoms with van der Waals surface area (Å²) in [6, 6.07) is 5.56. The number of amides is 1. The predicted molar refractivity (Wildman–Crippen MR) is 88.8 cm³/mol. The molecule has 132 valence electrons. The summed E-state index contributed by atoms with van der Waals surface area (Å²) in [6.07, 6.45) is -4.56. The molecule has 24 heavy (non-hydrogen) atoms. The zero-order valence-electron chi connectivity index (χ0n) is 13.7. The topological polar surface area (TPSA) is 52.9 Å². The highest BCUT2D eigenvalue weighted by atomic mass is 35.5. The summed E-state index contributed by atoms with van der Waals surface area (Å²) in [4.78, 5) is 12.5. The zero-order valence-corrected chi connectivity index (χ0v) is 15.2. The van der Waals surface area contributed by atoms with Crippen LogP contribution in [0.4, 0.5) is 13.2 Å². The number of nitrogens with zero attached hydrogens (tertiary/aromatic N) is 1. The lowest BCUT2D eigenvalue weighted by Gasteiger charge is -2.28. The molecule has 0 saturated carbocycles. The van der Waals surface area contributed by atoms with Gasteiger partial charge in [-0.1, -0.05) is 25.4 Å². The number of rotatable bonds is 5. The molecule has 1 amide bonds. The molecule has 2 atom stereocenters. The van der Waals surface area contributed by atoms with Crippen LogP contribution in [0.1, 0.15) is 33.3 Å². The number of hydrogen-bond acceptors (Lipinski definition) is 3. The average Bonchev–Trinajstić information content (AvgIpc) is 2.47. The SMILES string of the molecule is CC(C)[C@@](C)(C#N)NC(=O)[C@@H](C)Sc1ccc(Cl)c(C(F)(F)F)c1. The number of nitrogens with one attached hydrogen (secondary N) is 1.